The van der Waals surface area contributed by atoms with Gasteiger partial charge in [0.1, 0.15) is 5.52 Å². The lowest BCUT2D eigenvalue weighted by Crippen LogP contribution is -2.30. The first-order valence-electron chi connectivity index (χ1n) is 5.44. The maximum absolute atomic E-state index is 5.63. The molecule has 2 aromatic rings. The molecule has 0 aliphatic rings. The van der Waals surface area contributed by atoms with E-state index in [0.29, 0.717) is 11.5 Å². The maximum atomic E-state index is 5.63. The number of likely N-dealkylation sites (N-methyl/N-ethyl adjacent to an activating group) is 1. The Kier molecular flexibility index (Phi) is 3.10. The fourth-order valence-corrected chi connectivity index (χ4v) is 1.78. The summed E-state index contributed by atoms with van der Waals surface area (Å²) < 4.78 is 0. The zero-order chi connectivity index (χ0) is 12.4. The van der Waals surface area contributed by atoms with Crippen molar-refractivity contribution in [3.63, 3.8) is 0 Å². The molecule has 7 heteroatoms. The van der Waals surface area contributed by atoms with Gasteiger partial charge in [-0.05, 0) is 21.0 Å². The Bertz CT molecular complexity index is 504. The van der Waals surface area contributed by atoms with Crippen molar-refractivity contribution in [1.82, 2.24) is 24.8 Å². The summed E-state index contributed by atoms with van der Waals surface area (Å²) in [6.45, 7) is 2.99. The quantitative estimate of drug-likeness (QED) is 0.705. The lowest BCUT2D eigenvalue weighted by atomic mass is 10.3. The molecule has 0 fully saturated rings. The molecule has 0 spiro atoms. The summed E-state index contributed by atoms with van der Waals surface area (Å²) in [7, 11) is 4.05. The van der Waals surface area contributed by atoms with E-state index in [1.165, 1.54) is 0 Å². The highest BCUT2D eigenvalue weighted by atomic mass is 15.2. The van der Waals surface area contributed by atoms with Gasteiger partial charge in [-0.2, -0.15) is 9.97 Å². The van der Waals surface area contributed by atoms with Gasteiger partial charge in [0, 0.05) is 12.6 Å². The van der Waals surface area contributed by atoms with E-state index in [1.807, 2.05) is 14.1 Å². The van der Waals surface area contributed by atoms with Crippen LogP contribution in [0.15, 0.2) is 6.33 Å². The number of fused-ring (bicyclic) bond motifs is 1. The van der Waals surface area contributed by atoms with Gasteiger partial charge in [0.05, 0.1) is 6.33 Å². The molecule has 7 nitrogen and oxygen atoms in total. The highest BCUT2D eigenvalue weighted by molar-refractivity contribution is 5.83. The average molecular weight is 235 g/mol. The number of H-pyrrole nitrogens is 1. The predicted molar refractivity (Wildman–Crippen MR) is 67.7 cm³/mol. The van der Waals surface area contributed by atoms with Crippen LogP contribution in [0.5, 0.6) is 0 Å². The number of nitrogens with two attached hydrogens (primary N) is 1. The van der Waals surface area contributed by atoms with Crippen molar-refractivity contribution in [2.24, 2.45) is 0 Å². The molecule has 2 aromatic heterocycles. The minimum absolute atomic E-state index is 0.226. The van der Waals surface area contributed by atoms with Gasteiger partial charge in [0.2, 0.25) is 5.95 Å². The Morgan fingerprint density at radius 2 is 2.24 bits per heavy atom. The molecule has 17 heavy (non-hydrogen) atoms. The number of imidazole rings is 1. The summed E-state index contributed by atoms with van der Waals surface area (Å²) in [6, 6.07) is 0.255. The number of nitrogens with zero attached hydrogens (tertiary/aromatic N) is 4. The number of hydrogen-bond acceptors (Lipinski definition) is 6. The Hall–Kier alpha value is -1.89. The summed E-state index contributed by atoms with van der Waals surface area (Å²) in [6.07, 6.45) is 1.58. The predicted octanol–water partition coefficient (Wildman–Crippen LogP) is 0.297. The van der Waals surface area contributed by atoms with E-state index < -0.39 is 0 Å². The van der Waals surface area contributed by atoms with Crippen LogP contribution < -0.4 is 11.1 Å². The van der Waals surface area contributed by atoms with Gasteiger partial charge >= 0.3 is 0 Å². The number of hydrogen-bond donors (Lipinski definition) is 3. The molecule has 0 saturated heterocycles. The van der Waals surface area contributed by atoms with Crippen LogP contribution >= 0.6 is 0 Å². The summed E-state index contributed by atoms with van der Waals surface area (Å²) in [4.78, 5) is 17.4. The SMILES string of the molecule is CC(CN(C)C)Nc1nc(N)nc2nc[nH]c12. The topological polar surface area (TPSA) is 95.8 Å². The number of nitrogen functional groups attached to an aromatic ring is 1. The first-order valence-corrected chi connectivity index (χ1v) is 5.44. The van der Waals surface area contributed by atoms with Crippen LogP contribution in [0.25, 0.3) is 11.2 Å². The fourth-order valence-electron chi connectivity index (χ4n) is 1.78. The third-order valence-corrected chi connectivity index (χ3v) is 2.33. The molecule has 2 rings (SSSR count). The second-order valence-corrected chi connectivity index (χ2v) is 4.34. The van der Waals surface area contributed by atoms with Gasteiger partial charge in [-0.1, -0.05) is 0 Å². The third-order valence-electron chi connectivity index (χ3n) is 2.33. The standard InChI is InChI=1S/C10H17N7/c1-6(4-17(2)3)14-9-7-8(13-5-12-7)15-10(11)16-9/h5-6H,4H2,1-3H3,(H4,11,12,13,14,15,16). The number of anilines is 2. The second kappa shape index (κ2) is 4.54. The normalized spacial score (nSPS) is 13.2. The van der Waals surface area contributed by atoms with Gasteiger partial charge in [0.25, 0.3) is 0 Å². The van der Waals surface area contributed by atoms with E-state index in [9.17, 15) is 0 Å². The van der Waals surface area contributed by atoms with E-state index >= 15 is 0 Å². The lowest BCUT2D eigenvalue weighted by molar-refractivity contribution is 0.392. The molecule has 0 aliphatic heterocycles. The summed E-state index contributed by atoms with van der Waals surface area (Å²) >= 11 is 0. The first-order chi connectivity index (χ1) is 8.06. The van der Waals surface area contributed by atoms with E-state index in [4.69, 9.17) is 5.73 Å². The van der Waals surface area contributed by atoms with Gasteiger partial charge in [-0.15, -0.1) is 0 Å². The Morgan fingerprint density at radius 3 is 2.94 bits per heavy atom. The molecule has 0 radical (unpaired) electrons. The highest BCUT2D eigenvalue weighted by Crippen LogP contribution is 2.17. The van der Waals surface area contributed by atoms with E-state index in [0.717, 1.165) is 12.1 Å². The van der Waals surface area contributed by atoms with Crippen molar-refractivity contribution in [2.75, 3.05) is 31.7 Å². The highest BCUT2D eigenvalue weighted by Gasteiger charge is 2.11. The Morgan fingerprint density at radius 1 is 1.47 bits per heavy atom. The molecule has 0 amide bonds. The second-order valence-electron chi connectivity index (χ2n) is 4.34. The van der Waals surface area contributed by atoms with Crippen molar-refractivity contribution in [2.45, 2.75) is 13.0 Å². The zero-order valence-corrected chi connectivity index (χ0v) is 10.2. The molecule has 2 heterocycles. The minimum atomic E-state index is 0.226. The third kappa shape index (κ3) is 2.62. The number of nitrogens with one attached hydrogen (secondary N) is 2. The average Bonchev–Trinajstić information content (AvgIpc) is 2.63. The maximum Gasteiger partial charge on any atom is 0.224 e. The Balaban J connectivity index is 2.25. The van der Waals surface area contributed by atoms with Gasteiger partial charge in [-0.3, -0.25) is 0 Å². The van der Waals surface area contributed by atoms with Gasteiger partial charge < -0.3 is 20.9 Å². The molecule has 0 saturated carbocycles. The first kappa shape index (κ1) is 11.6. The molecule has 0 aromatic carbocycles. The van der Waals surface area contributed by atoms with E-state index in [-0.39, 0.29) is 12.0 Å². The molecule has 0 bridgehead atoms. The van der Waals surface area contributed by atoms with Crippen LogP contribution in [0.4, 0.5) is 11.8 Å². The molecular weight excluding hydrogens is 218 g/mol. The van der Waals surface area contributed by atoms with Crippen LogP contribution in [0.3, 0.4) is 0 Å². The van der Waals surface area contributed by atoms with Gasteiger partial charge in [-0.25, -0.2) is 4.98 Å². The number of aromatic amines is 1. The summed E-state index contributed by atoms with van der Waals surface area (Å²) in [5.74, 6) is 0.920. The molecule has 0 aliphatic carbocycles. The van der Waals surface area contributed by atoms with Crippen molar-refractivity contribution >= 4 is 22.9 Å². The van der Waals surface area contributed by atoms with E-state index in [2.05, 4.69) is 37.1 Å². The van der Waals surface area contributed by atoms with Crippen LogP contribution in [0.2, 0.25) is 0 Å². The number of rotatable bonds is 4. The Labute approximate surface area is 99.5 Å². The lowest BCUT2D eigenvalue weighted by Gasteiger charge is -2.18. The molecule has 1 atom stereocenters. The van der Waals surface area contributed by atoms with Gasteiger partial charge in [0.15, 0.2) is 11.5 Å². The molecule has 4 N–H and O–H groups in total. The monoisotopic (exact) mass is 235 g/mol. The largest absolute Gasteiger partial charge is 0.368 e. The van der Waals surface area contributed by atoms with Crippen molar-refractivity contribution in [1.29, 1.82) is 0 Å². The minimum Gasteiger partial charge on any atom is -0.368 e. The molecular formula is C10H17N7. The van der Waals surface area contributed by atoms with Crippen LogP contribution in [-0.2, 0) is 0 Å². The van der Waals surface area contributed by atoms with Crippen LogP contribution in [0.1, 0.15) is 6.92 Å². The van der Waals surface area contributed by atoms with Crippen molar-refractivity contribution < 1.29 is 0 Å². The van der Waals surface area contributed by atoms with Crippen LogP contribution in [-0.4, -0.2) is 51.5 Å². The molecule has 92 valence electrons. The zero-order valence-electron chi connectivity index (χ0n) is 10.2. The fraction of sp³-hybridized carbons (Fsp3) is 0.500. The van der Waals surface area contributed by atoms with Crippen molar-refractivity contribution in [3.8, 4) is 0 Å². The smallest absolute Gasteiger partial charge is 0.224 e. The number of aromatic nitrogens is 4. The molecule has 1 unspecified atom stereocenters. The van der Waals surface area contributed by atoms with Crippen molar-refractivity contribution in [3.05, 3.63) is 6.33 Å². The van der Waals surface area contributed by atoms with E-state index in [1.54, 1.807) is 6.33 Å². The summed E-state index contributed by atoms with van der Waals surface area (Å²) in [5, 5.41) is 3.30. The van der Waals surface area contributed by atoms with Crippen LogP contribution in [0, 0.1) is 0 Å². The summed E-state index contributed by atoms with van der Waals surface area (Å²) in [5.41, 5.74) is 7.00.